The molecule has 0 saturated carbocycles. The zero-order valence-electron chi connectivity index (χ0n) is 23.9. The quantitative estimate of drug-likeness (QED) is 0.184. The topological polar surface area (TPSA) is 156 Å². The van der Waals surface area contributed by atoms with Crippen LogP contribution in [0.2, 0.25) is 0 Å². The van der Waals surface area contributed by atoms with Gasteiger partial charge in [-0.15, -0.1) is 25.5 Å². The molecule has 4 heterocycles. The highest BCUT2D eigenvalue weighted by Crippen LogP contribution is 2.30. The maximum atomic E-state index is 12.8. The first-order valence-corrected chi connectivity index (χ1v) is 15.7. The van der Waals surface area contributed by atoms with Crippen LogP contribution in [0.25, 0.3) is 5.69 Å². The average molecular weight is 670 g/mol. The van der Waals surface area contributed by atoms with E-state index in [0.717, 1.165) is 30.7 Å². The molecule has 2 aromatic carbocycles. The van der Waals surface area contributed by atoms with Crippen molar-refractivity contribution in [3.63, 3.8) is 0 Å². The molecule has 0 unspecified atom stereocenters. The van der Waals surface area contributed by atoms with Crippen LogP contribution in [0.15, 0.2) is 60.8 Å². The predicted molar refractivity (Wildman–Crippen MR) is 166 cm³/mol. The lowest BCUT2D eigenvalue weighted by Gasteiger charge is -2.14. The smallest absolute Gasteiger partial charge is 0.355 e. The number of rotatable bonds is 11. The number of amides is 2. The number of aryl methyl sites for hydroxylation is 1. The summed E-state index contributed by atoms with van der Waals surface area (Å²) < 4.78 is 39.8. The Kier molecular flexibility index (Phi) is 9.16. The maximum Gasteiger partial charge on any atom is 0.416 e. The van der Waals surface area contributed by atoms with Gasteiger partial charge in [-0.25, -0.2) is 4.68 Å². The Morgan fingerprint density at radius 1 is 0.870 bits per heavy atom. The monoisotopic (exact) mass is 669 g/mol. The number of hydrogen-bond donors (Lipinski definition) is 3. The number of anilines is 4. The minimum atomic E-state index is -4.42. The number of benzene rings is 2. The molecule has 3 N–H and O–H groups in total. The summed E-state index contributed by atoms with van der Waals surface area (Å²) in [7, 11) is 0. The zero-order valence-corrected chi connectivity index (χ0v) is 25.6. The van der Waals surface area contributed by atoms with Crippen LogP contribution in [-0.4, -0.2) is 66.3 Å². The number of halogens is 3. The van der Waals surface area contributed by atoms with Crippen molar-refractivity contribution in [3.05, 3.63) is 77.6 Å². The largest absolute Gasteiger partial charge is 0.416 e. The standard InChI is InChI=1S/C28H26F3N11O2S2/c29-28(30,31)18-6-9-21(10-7-18)42-16-20(35-40-42)8-11-22(43)33-26-38-39-27(46-26)41-13-12-19(15-41)32-24-36-37-25(45-24)34-23(44)14-17-4-2-1-3-5-17/h1-7,9-10,16,19H,8,11-15H2,(H,32,36)(H,33,38,43)(H,34,37,44)/t19-/m0/s1. The third-order valence-corrected chi connectivity index (χ3v) is 8.60. The third kappa shape index (κ3) is 7.99. The molecule has 1 atom stereocenters. The highest BCUT2D eigenvalue weighted by Gasteiger charge is 2.30. The highest BCUT2D eigenvalue weighted by atomic mass is 32.1. The van der Waals surface area contributed by atoms with E-state index in [1.165, 1.54) is 39.5 Å². The lowest BCUT2D eigenvalue weighted by atomic mass is 10.1. The van der Waals surface area contributed by atoms with Gasteiger partial charge >= 0.3 is 6.18 Å². The van der Waals surface area contributed by atoms with Gasteiger partial charge in [0.2, 0.25) is 32.3 Å². The van der Waals surface area contributed by atoms with Crippen molar-refractivity contribution < 1.29 is 22.8 Å². The molecule has 13 nitrogen and oxygen atoms in total. The number of aromatic nitrogens is 7. The van der Waals surface area contributed by atoms with Crippen LogP contribution in [0.1, 0.15) is 29.7 Å². The maximum absolute atomic E-state index is 12.8. The van der Waals surface area contributed by atoms with E-state index >= 15 is 0 Å². The lowest BCUT2D eigenvalue weighted by Crippen LogP contribution is -2.25. The average Bonchev–Trinajstić information content (AvgIpc) is 3.85. The molecular formula is C28H26F3N11O2S2. The molecule has 46 heavy (non-hydrogen) atoms. The van der Waals surface area contributed by atoms with Crippen LogP contribution in [-0.2, 0) is 28.6 Å². The van der Waals surface area contributed by atoms with E-state index in [2.05, 4.69) is 51.6 Å². The van der Waals surface area contributed by atoms with Crippen molar-refractivity contribution >= 4 is 55.0 Å². The van der Waals surface area contributed by atoms with E-state index in [1.54, 1.807) is 6.20 Å². The molecule has 238 valence electrons. The molecule has 2 amide bonds. The van der Waals surface area contributed by atoms with E-state index in [-0.39, 0.29) is 37.1 Å². The van der Waals surface area contributed by atoms with Crippen LogP contribution in [0, 0.1) is 0 Å². The van der Waals surface area contributed by atoms with E-state index in [0.29, 0.717) is 38.5 Å². The summed E-state index contributed by atoms with van der Waals surface area (Å²) in [6.07, 6.45) is -1.39. The summed E-state index contributed by atoms with van der Waals surface area (Å²) in [4.78, 5) is 26.9. The van der Waals surface area contributed by atoms with E-state index in [4.69, 9.17) is 0 Å². The first kappa shape index (κ1) is 31.0. The minimum absolute atomic E-state index is 0.0822. The summed E-state index contributed by atoms with van der Waals surface area (Å²) in [6.45, 7) is 1.38. The summed E-state index contributed by atoms with van der Waals surface area (Å²) in [5.74, 6) is -0.444. The molecule has 0 radical (unpaired) electrons. The van der Waals surface area contributed by atoms with Gasteiger partial charge in [0.15, 0.2) is 0 Å². The van der Waals surface area contributed by atoms with Crippen molar-refractivity contribution in [2.24, 2.45) is 0 Å². The fourth-order valence-electron chi connectivity index (χ4n) is 4.66. The van der Waals surface area contributed by atoms with Crippen LogP contribution in [0.3, 0.4) is 0 Å². The summed E-state index contributed by atoms with van der Waals surface area (Å²) in [5, 5.41) is 35.4. The normalized spacial score (nSPS) is 14.8. The highest BCUT2D eigenvalue weighted by molar-refractivity contribution is 7.19. The molecule has 0 bridgehead atoms. The molecule has 1 saturated heterocycles. The van der Waals surface area contributed by atoms with Gasteiger partial charge in [0, 0.05) is 32.0 Å². The molecule has 0 aliphatic carbocycles. The Hall–Kier alpha value is -4.97. The van der Waals surface area contributed by atoms with Crippen molar-refractivity contribution in [1.82, 2.24) is 35.4 Å². The van der Waals surface area contributed by atoms with Crippen molar-refractivity contribution in [1.29, 1.82) is 0 Å². The lowest BCUT2D eigenvalue weighted by molar-refractivity contribution is -0.137. The molecule has 6 rings (SSSR count). The number of hydrogen-bond acceptors (Lipinski definition) is 12. The fourth-order valence-corrected chi connectivity index (χ4v) is 6.20. The third-order valence-electron chi connectivity index (χ3n) is 6.93. The second-order valence-electron chi connectivity index (χ2n) is 10.3. The van der Waals surface area contributed by atoms with Crippen LogP contribution < -0.4 is 20.9 Å². The fraction of sp³-hybridized carbons (Fsp3) is 0.286. The summed E-state index contributed by atoms with van der Waals surface area (Å²) >= 11 is 2.53. The minimum Gasteiger partial charge on any atom is -0.355 e. The van der Waals surface area contributed by atoms with Gasteiger partial charge in [-0.3, -0.25) is 9.59 Å². The van der Waals surface area contributed by atoms with Gasteiger partial charge in [-0.05, 0) is 36.2 Å². The number of nitrogens with zero attached hydrogens (tertiary/aromatic N) is 8. The Morgan fingerprint density at radius 2 is 1.59 bits per heavy atom. The van der Waals surface area contributed by atoms with Crippen molar-refractivity contribution in [3.8, 4) is 5.69 Å². The van der Waals surface area contributed by atoms with E-state index < -0.39 is 11.7 Å². The SMILES string of the molecule is O=C(Cc1ccccc1)Nc1nnc(N[C@H]2CCN(c3nnc(NC(=O)CCc4cn(-c5ccc(C(F)(F)F)cc5)nn4)s3)C2)s1. The van der Waals surface area contributed by atoms with Gasteiger partial charge in [0.25, 0.3) is 0 Å². The molecule has 1 aliphatic rings. The number of nitrogens with one attached hydrogen (secondary N) is 3. The molecule has 1 aliphatic heterocycles. The molecule has 18 heteroatoms. The van der Waals surface area contributed by atoms with Gasteiger partial charge in [-0.1, -0.05) is 58.2 Å². The van der Waals surface area contributed by atoms with Crippen LogP contribution in [0.5, 0.6) is 0 Å². The van der Waals surface area contributed by atoms with Crippen LogP contribution >= 0.6 is 22.7 Å². The van der Waals surface area contributed by atoms with Gasteiger partial charge in [0.05, 0.1) is 29.6 Å². The second kappa shape index (κ2) is 13.6. The van der Waals surface area contributed by atoms with E-state index in [1.807, 2.05) is 30.3 Å². The Morgan fingerprint density at radius 3 is 2.37 bits per heavy atom. The Balaban J connectivity index is 0.936. The first-order chi connectivity index (χ1) is 22.2. The summed E-state index contributed by atoms with van der Waals surface area (Å²) in [6, 6.07) is 14.1. The summed E-state index contributed by atoms with van der Waals surface area (Å²) in [5.41, 5.74) is 1.10. The molecule has 3 aromatic heterocycles. The van der Waals surface area contributed by atoms with Crippen molar-refractivity contribution in [2.45, 2.75) is 37.9 Å². The van der Waals surface area contributed by atoms with Crippen molar-refractivity contribution in [2.75, 3.05) is 33.9 Å². The molecule has 0 spiro atoms. The Labute approximate surface area is 267 Å². The van der Waals surface area contributed by atoms with E-state index in [9.17, 15) is 22.8 Å². The van der Waals surface area contributed by atoms with Gasteiger partial charge in [-0.2, -0.15) is 13.2 Å². The molecule has 1 fully saturated rings. The van der Waals surface area contributed by atoms with Gasteiger partial charge in [0.1, 0.15) is 0 Å². The Bertz CT molecular complexity index is 1790. The molecule has 5 aromatic rings. The number of carbonyl (C=O) groups excluding carboxylic acids is 2. The second-order valence-corrected chi connectivity index (χ2v) is 12.3. The number of carbonyl (C=O) groups is 2. The number of alkyl halides is 3. The van der Waals surface area contributed by atoms with Gasteiger partial charge < -0.3 is 20.9 Å². The van der Waals surface area contributed by atoms with Crippen LogP contribution in [0.4, 0.5) is 33.7 Å². The zero-order chi connectivity index (χ0) is 32.1. The molecular weight excluding hydrogens is 644 g/mol. The first-order valence-electron chi connectivity index (χ1n) is 14.1. The predicted octanol–water partition coefficient (Wildman–Crippen LogP) is 4.43.